The molecule has 62 valence electrons. The molecule has 1 aromatic rings. The predicted octanol–water partition coefficient (Wildman–Crippen LogP) is 3.33. The third-order valence-electron chi connectivity index (χ3n) is 1.14. The highest BCUT2D eigenvalue weighted by Crippen LogP contribution is 2.20. The largest absolute Gasteiger partial charge is 0.439 e. The van der Waals surface area contributed by atoms with Crippen LogP contribution in [0.15, 0.2) is 20.5 Å². The summed E-state index contributed by atoms with van der Waals surface area (Å²) in [5.74, 6) is 1.00. The van der Waals surface area contributed by atoms with E-state index < -0.39 is 0 Å². The summed E-state index contributed by atoms with van der Waals surface area (Å²) in [7, 11) is 0. The number of hydrogen-bond donors (Lipinski definition) is 0. The Balaban J connectivity index is 2.42. The normalized spacial score (nSPS) is 11.6. The molecule has 1 aromatic heterocycles. The van der Waals surface area contributed by atoms with Crippen molar-refractivity contribution in [2.45, 2.75) is 25.0 Å². The van der Waals surface area contributed by atoms with Gasteiger partial charge in [0.05, 0.1) is 0 Å². The lowest BCUT2D eigenvalue weighted by Gasteiger charge is -1.91. The van der Waals surface area contributed by atoms with E-state index in [-0.39, 0.29) is 6.24 Å². The Morgan fingerprint density at radius 3 is 3.27 bits per heavy atom. The van der Waals surface area contributed by atoms with E-state index in [1.54, 1.807) is 11.8 Å². The van der Waals surface area contributed by atoms with Gasteiger partial charge in [0, 0.05) is 5.75 Å². The highest BCUT2D eigenvalue weighted by molar-refractivity contribution is 9.10. The predicted molar refractivity (Wildman–Crippen MR) is 49.8 cm³/mol. The minimum absolute atomic E-state index is 0.106. The highest BCUT2D eigenvalue weighted by atomic mass is 79.9. The van der Waals surface area contributed by atoms with Crippen LogP contribution in [0.4, 0.5) is 0 Å². The lowest BCUT2D eigenvalue weighted by atomic mass is 10.4. The molecule has 0 spiro atoms. The van der Waals surface area contributed by atoms with Gasteiger partial charge in [0.15, 0.2) is 0 Å². The van der Waals surface area contributed by atoms with Crippen molar-refractivity contribution < 1.29 is 5.79 Å². The summed E-state index contributed by atoms with van der Waals surface area (Å²) in [5, 5.41) is 0.584. The molecule has 4 heteroatoms. The number of thioether (sulfide) groups is 1. The number of nitrogens with zero attached hydrogens (tertiary/aromatic N) is 1. The van der Waals surface area contributed by atoms with Gasteiger partial charge in [-0.2, -0.15) is 4.98 Å². The average molecular weight is 237 g/mol. The summed E-state index contributed by atoms with van der Waals surface area (Å²) >= 11 is 4.67. The first kappa shape index (κ1) is 7.68. The molecule has 0 saturated heterocycles. The van der Waals surface area contributed by atoms with Crippen LogP contribution in [-0.4, -0.2) is 10.7 Å². The molecule has 0 atom stereocenters. The Bertz CT molecular complexity index is 234. The Labute approximate surface area is 80.3 Å². The summed E-state index contributed by atoms with van der Waals surface area (Å²) in [4.78, 5) is 4.01. The second kappa shape index (κ2) is 4.83. The summed E-state index contributed by atoms with van der Waals surface area (Å²) in [5.41, 5.74) is 0. The first-order valence-electron chi connectivity index (χ1n) is 3.99. The molecule has 11 heavy (non-hydrogen) atoms. The topological polar surface area (TPSA) is 26.0 Å². The van der Waals surface area contributed by atoms with Gasteiger partial charge in [-0.05, 0) is 22.4 Å². The Hall–Kier alpha value is 0.0400. The number of unbranched alkanes of at least 4 members (excludes halogenated alkanes) is 1. The van der Waals surface area contributed by atoms with E-state index in [0.717, 1.165) is 12.2 Å². The lowest BCUT2D eigenvalue weighted by molar-refractivity contribution is 0.454. The Morgan fingerprint density at radius 2 is 2.73 bits per heavy atom. The molecule has 0 saturated carbocycles. The molecule has 0 fully saturated rings. The summed E-state index contributed by atoms with van der Waals surface area (Å²) in [6.07, 6.45) is 2.43. The van der Waals surface area contributed by atoms with Gasteiger partial charge in [-0.3, -0.25) is 0 Å². The summed E-state index contributed by atoms with van der Waals surface area (Å²) < 4.78 is 12.8. The fourth-order valence-corrected chi connectivity index (χ4v) is 1.80. The van der Waals surface area contributed by atoms with Crippen LogP contribution >= 0.6 is 27.7 Å². The van der Waals surface area contributed by atoms with Crippen LogP contribution in [-0.2, 0) is 0 Å². The average Bonchev–Trinajstić information content (AvgIpc) is 2.32. The van der Waals surface area contributed by atoms with Crippen molar-refractivity contribution >= 4 is 27.7 Å². The number of halogens is 1. The molecular weight excluding hydrogens is 226 g/mol. The molecule has 0 aliphatic rings. The van der Waals surface area contributed by atoms with Gasteiger partial charge in [0.2, 0.25) is 0 Å². The van der Waals surface area contributed by atoms with E-state index in [9.17, 15) is 0 Å². The number of hydrogen-bond acceptors (Lipinski definition) is 3. The van der Waals surface area contributed by atoms with Crippen LogP contribution in [0.2, 0.25) is 0 Å². The van der Waals surface area contributed by atoms with Crippen LogP contribution in [0.5, 0.6) is 0 Å². The first-order chi connectivity index (χ1) is 5.74. The molecule has 2 nitrogen and oxygen atoms in total. The van der Waals surface area contributed by atoms with Gasteiger partial charge in [-0.15, -0.1) is 0 Å². The molecule has 0 unspecified atom stereocenters. The summed E-state index contributed by atoms with van der Waals surface area (Å²) in [6, 6.07) is 0. The molecular formula is C7H10BrNOS. The van der Waals surface area contributed by atoms with Crippen LogP contribution < -0.4 is 0 Å². The smallest absolute Gasteiger partial charge is 0.256 e. The van der Waals surface area contributed by atoms with Gasteiger partial charge in [-0.1, -0.05) is 25.1 Å². The molecule has 0 aliphatic carbocycles. The van der Waals surface area contributed by atoms with Gasteiger partial charge < -0.3 is 4.42 Å². The minimum Gasteiger partial charge on any atom is -0.439 e. The standard InChI is InChI=1S/C7H10BrNOS/c1-2-3-4-11-7-9-6(8)5-10-7/h5H,2-4H2,1H3/i5D. The van der Waals surface area contributed by atoms with Gasteiger partial charge in [0.1, 0.15) is 12.2 Å². The van der Waals surface area contributed by atoms with Gasteiger partial charge in [-0.25, -0.2) is 0 Å². The van der Waals surface area contributed by atoms with Crippen molar-refractivity contribution in [2.24, 2.45) is 0 Å². The van der Waals surface area contributed by atoms with E-state index in [1.807, 2.05) is 0 Å². The maximum absolute atomic E-state index is 7.23. The zero-order valence-corrected chi connectivity index (χ0v) is 8.67. The maximum atomic E-state index is 7.23. The van der Waals surface area contributed by atoms with E-state index in [1.165, 1.54) is 6.42 Å². The zero-order valence-electron chi connectivity index (χ0n) is 7.26. The van der Waals surface area contributed by atoms with Crippen LogP contribution in [0.25, 0.3) is 0 Å². The first-order valence-corrected chi connectivity index (χ1v) is 5.27. The summed E-state index contributed by atoms with van der Waals surface area (Å²) in [6.45, 7) is 2.14. The molecule has 1 rings (SSSR count). The number of aromatic nitrogens is 1. The van der Waals surface area contributed by atoms with Crippen LogP contribution in [0, 0.1) is 0 Å². The van der Waals surface area contributed by atoms with E-state index >= 15 is 0 Å². The molecule has 0 aromatic carbocycles. The molecule has 0 N–H and O–H groups in total. The van der Waals surface area contributed by atoms with E-state index in [0.29, 0.717) is 9.83 Å². The fraction of sp³-hybridized carbons (Fsp3) is 0.571. The second-order valence-electron chi connectivity index (χ2n) is 2.07. The molecule has 0 amide bonds. The highest BCUT2D eigenvalue weighted by Gasteiger charge is 2.00. The quantitative estimate of drug-likeness (QED) is 0.593. The van der Waals surface area contributed by atoms with Crippen LogP contribution in [0.1, 0.15) is 21.1 Å². The maximum Gasteiger partial charge on any atom is 0.256 e. The zero-order chi connectivity index (χ0) is 8.97. The second-order valence-corrected chi connectivity index (χ2v) is 3.87. The lowest BCUT2D eigenvalue weighted by Crippen LogP contribution is -1.77. The van der Waals surface area contributed by atoms with E-state index in [2.05, 4.69) is 27.8 Å². The Morgan fingerprint density at radius 1 is 1.91 bits per heavy atom. The fourth-order valence-electron chi connectivity index (χ4n) is 0.577. The monoisotopic (exact) mass is 236 g/mol. The van der Waals surface area contributed by atoms with Crippen molar-refractivity contribution in [1.82, 2.24) is 4.98 Å². The van der Waals surface area contributed by atoms with Gasteiger partial charge in [0.25, 0.3) is 5.22 Å². The third kappa shape index (κ3) is 3.29. The molecule has 0 aliphatic heterocycles. The third-order valence-corrected chi connectivity index (χ3v) is 2.39. The van der Waals surface area contributed by atoms with Crippen molar-refractivity contribution in [2.75, 3.05) is 5.75 Å². The Kier molecular flexibility index (Phi) is 3.37. The number of oxazole rings is 1. The molecule has 0 radical (unpaired) electrons. The van der Waals surface area contributed by atoms with Gasteiger partial charge >= 0.3 is 0 Å². The molecule has 0 bridgehead atoms. The van der Waals surface area contributed by atoms with Crippen molar-refractivity contribution in [3.63, 3.8) is 0 Å². The van der Waals surface area contributed by atoms with Crippen molar-refractivity contribution in [1.29, 1.82) is 0 Å². The number of rotatable bonds is 4. The minimum atomic E-state index is 0.106. The SMILES string of the molecule is [2H]c1oc(SCCCC)nc1Br. The van der Waals surface area contributed by atoms with Crippen molar-refractivity contribution in [3.8, 4) is 0 Å². The molecule has 1 heterocycles. The van der Waals surface area contributed by atoms with E-state index in [4.69, 9.17) is 5.79 Å². The van der Waals surface area contributed by atoms with Crippen molar-refractivity contribution in [3.05, 3.63) is 10.8 Å². The van der Waals surface area contributed by atoms with Crippen LogP contribution in [0.3, 0.4) is 0 Å².